The van der Waals surface area contributed by atoms with E-state index in [9.17, 15) is 0 Å². The second kappa shape index (κ2) is 5.89. The van der Waals surface area contributed by atoms with Crippen LogP contribution >= 0.6 is 11.5 Å². The smallest absolute Gasteiger partial charge is 0.127 e. The summed E-state index contributed by atoms with van der Waals surface area (Å²) < 4.78 is 9.93. The van der Waals surface area contributed by atoms with E-state index in [1.807, 2.05) is 6.92 Å². The molecule has 0 saturated heterocycles. The Morgan fingerprint density at radius 1 is 1.45 bits per heavy atom. The zero-order chi connectivity index (χ0) is 13.9. The van der Waals surface area contributed by atoms with Crippen LogP contribution in [0.15, 0.2) is 18.2 Å². The molecular formula is C15H19N3OS. The van der Waals surface area contributed by atoms with Crippen LogP contribution in [0.3, 0.4) is 0 Å². The molecule has 4 nitrogen and oxygen atoms in total. The Bertz CT molecular complexity index is 597. The first kappa shape index (κ1) is 13.5. The van der Waals surface area contributed by atoms with E-state index in [1.165, 1.54) is 27.5 Å². The van der Waals surface area contributed by atoms with E-state index in [-0.39, 0.29) is 6.04 Å². The maximum absolute atomic E-state index is 5.85. The fourth-order valence-corrected chi connectivity index (χ4v) is 3.34. The number of hydrogen-bond donors (Lipinski definition) is 1. The van der Waals surface area contributed by atoms with Crippen molar-refractivity contribution < 1.29 is 4.74 Å². The molecule has 0 amide bonds. The molecule has 0 radical (unpaired) electrons. The molecule has 2 heterocycles. The molecule has 0 fully saturated rings. The van der Waals surface area contributed by atoms with Crippen molar-refractivity contribution in [2.75, 3.05) is 13.2 Å². The Labute approximate surface area is 123 Å². The molecule has 20 heavy (non-hydrogen) atoms. The lowest BCUT2D eigenvalue weighted by molar-refractivity contribution is 0.350. The van der Waals surface area contributed by atoms with Crippen LogP contribution in [-0.2, 0) is 6.42 Å². The molecule has 1 aromatic heterocycles. The molecule has 1 unspecified atom stereocenters. The Kier molecular flexibility index (Phi) is 3.98. The number of para-hydroxylation sites is 1. The maximum atomic E-state index is 5.85. The minimum atomic E-state index is 0.128. The number of hydrogen-bond acceptors (Lipinski definition) is 5. The fraction of sp³-hybridized carbons (Fsp3) is 0.467. The lowest BCUT2D eigenvalue weighted by atomic mass is 10.00. The van der Waals surface area contributed by atoms with Crippen molar-refractivity contribution in [2.24, 2.45) is 0 Å². The highest BCUT2D eigenvalue weighted by atomic mass is 32.1. The fourth-order valence-electron chi connectivity index (χ4n) is 2.60. The molecule has 1 N–H and O–H groups in total. The molecule has 3 rings (SSSR count). The van der Waals surface area contributed by atoms with Gasteiger partial charge >= 0.3 is 0 Å². The minimum absolute atomic E-state index is 0.128. The standard InChI is InChI=1S/C15H19N3OS/c1-3-8-16-13(15-10(2)17-18-20-15)12-6-4-5-11-7-9-19-14(11)12/h4-6,13,16H,3,7-9H2,1-2H3. The van der Waals surface area contributed by atoms with Gasteiger partial charge in [-0.2, -0.15) is 0 Å². The maximum Gasteiger partial charge on any atom is 0.127 e. The van der Waals surface area contributed by atoms with Crippen molar-refractivity contribution >= 4 is 11.5 Å². The summed E-state index contributed by atoms with van der Waals surface area (Å²) in [6.07, 6.45) is 2.10. The Hall–Kier alpha value is -1.46. The van der Waals surface area contributed by atoms with Crippen LogP contribution in [0.5, 0.6) is 5.75 Å². The quantitative estimate of drug-likeness (QED) is 0.919. The first-order chi connectivity index (χ1) is 9.81. The van der Waals surface area contributed by atoms with Crippen LogP contribution in [0.4, 0.5) is 0 Å². The third-order valence-electron chi connectivity index (χ3n) is 3.60. The number of nitrogens with one attached hydrogen (secondary N) is 1. The van der Waals surface area contributed by atoms with Crippen LogP contribution < -0.4 is 10.1 Å². The number of aromatic nitrogens is 2. The van der Waals surface area contributed by atoms with E-state index < -0.39 is 0 Å². The summed E-state index contributed by atoms with van der Waals surface area (Å²) in [5.74, 6) is 1.05. The molecule has 1 atom stereocenters. The molecule has 0 bridgehead atoms. The summed E-state index contributed by atoms with van der Waals surface area (Å²) in [7, 11) is 0. The molecule has 1 aliphatic heterocycles. The Morgan fingerprint density at radius 3 is 3.10 bits per heavy atom. The molecular weight excluding hydrogens is 270 g/mol. The van der Waals surface area contributed by atoms with Crippen molar-refractivity contribution in [1.29, 1.82) is 0 Å². The number of benzene rings is 1. The number of ether oxygens (including phenoxy) is 1. The zero-order valence-electron chi connectivity index (χ0n) is 11.8. The molecule has 0 saturated carbocycles. The van der Waals surface area contributed by atoms with E-state index in [0.717, 1.165) is 37.4 Å². The minimum Gasteiger partial charge on any atom is -0.493 e. The summed E-state index contributed by atoms with van der Waals surface area (Å²) in [5.41, 5.74) is 3.52. The molecule has 1 aliphatic rings. The number of aryl methyl sites for hydroxylation is 1. The lowest BCUT2D eigenvalue weighted by Gasteiger charge is -2.20. The predicted molar refractivity (Wildman–Crippen MR) is 80.4 cm³/mol. The molecule has 106 valence electrons. The van der Waals surface area contributed by atoms with E-state index in [2.05, 4.69) is 40.0 Å². The van der Waals surface area contributed by atoms with Gasteiger partial charge in [-0.3, -0.25) is 0 Å². The van der Waals surface area contributed by atoms with Gasteiger partial charge in [0, 0.05) is 12.0 Å². The van der Waals surface area contributed by atoms with Crippen LogP contribution in [-0.4, -0.2) is 22.7 Å². The van der Waals surface area contributed by atoms with Crippen molar-refractivity contribution in [3.8, 4) is 5.75 Å². The average molecular weight is 289 g/mol. The zero-order valence-corrected chi connectivity index (χ0v) is 12.7. The van der Waals surface area contributed by atoms with Gasteiger partial charge in [0.15, 0.2) is 0 Å². The van der Waals surface area contributed by atoms with E-state index >= 15 is 0 Å². The van der Waals surface area contributed by atoms with Gasteiger partial charge in [-0.15, -0.1) is 5.10 Å². The second-order valence-electron chi connectivity index (χ2n) is 5.04. The van der Waals surface area contributed by atoms with Gasteiger partial charge in [0.25, 0.3) is 0 Å². The summed E-state index contributed by atoms with van der Waals surface area (Å²) >= 11 is 1.47. The summed E-state index contributed by atoms with van der Waals surface area (Å²) in [6, 6.07) is 6.55. The third kappa shape index (κ3) is 2.43. The van der Waals surface area contributed by atoms with Crippen molar-refractivity contribution in [3.05, 3.63) is 39.9 Å². The van der Waals surface area contributed by atoms with Crippen LogP contribution in [0.2, 0.25) is 0 Å². The van der Waals surface area contributed by atoms with E-state index in [0.29, 0.717) is 0 Å². The van der Waals surface area contributed by atoms with E-state index in [1.54, 1.807) is 0 Å². The van der Waals surface area contributed by atoms with Crippen LogP contribution in [0, 0.1) is 6.92 Å². The predicted octanol–water partition coefficient (Wildman–Crippen LogP) is 2.87. The summed E-state index contributed by atoms with van der Waals surface area (Å²) in [5, 5.41) is 7.76. The number of nitrogens with zero attached hydrogens (tertiary/aromatic N) is 2. The Morgan fingerprint density at radius 2 is 2.35 bits per heavy atom. The first-order valence-electron chi connectivity index (χ1n) is 7.08. The third-order valence-corrected chi connectivity index (χ3v) is 4.49. The molecule has 1 aromatic carbocycles. The van der Waals surface area contributed by atoms with Gasteiger partial charge in [0.05, 0.1) is 23.2 Å². The van der Waals surface area contributed by atoms with E-state index in [4.69, 9.17) is 4.74 Å². The van der Waals surface area contributed by atoms with Gasteiger partial charge < -0.3 is 10.1 Å². The van der Waals surface area contributed by atoms with Crippen molar-refractivity contribution in [3.63, 3.8) is 0 Å². The second-order valence-corrected chi connectivity index (χ2v) is 5.83. The van der Waals surface area contributed by atoms with Crippen LogP contribution in [0.25, 0.3) is 0 Å². The first-order valence-corrected chi connectivity index (χ1v) is 7.85. The Balaban J connectivity index is 2.02. The molecule has 0 spiro atoms. The molecule has 2 aromatic rings. The SMILES string of the molecule is CCCNC(c1cccc2c1OCC2)c1snnc1C. The molecule has 5 heteroatoms. The van der Waals surface area contributed by atoms with Gasteiger partial charge in [-0.1, -0.05) is 29.6 Å². The highest BCUT2D eigenvalue weighted by Gasteiger charge is 2.25. The summed E-state index contributed by atoms with van der Waals surface area (Å²) in [4.78, 5) is 1.18. The number of rotatable bonds is 5. The normalized spacial score (nSPS) is 14.9. The van der Waals surface area contributed by atoms with Gasteiger partial charge in [-0.25, -0.2) is 0 Å². The van der Waals surface area contributed by atoms with Gasteiger partial charge in [0.1, 0.15) is 5.75 Å². The monoisotopic (exact) mass is 289 g/mol. The average Bonchev–Trinajstić information content (AvgIpc) is 3.09. The summed E-state index contributed by atoms with van der Waals surface area (Å²) in [6.45, 7) is 5.94. The highest BCUT2D eigenvalue weighted by Crippen LogP contribution is 2.37. The topological polar surface area (TPSA) is 47.0 Å². The van der Waals surface area contributed by atoms with Crippen molar-refractivity contribution in [1.82, 2.24) is 14.9 Å². The molecule has 0 aliphatic carbocycles. The van der Waals surface area contributed by atoms with Crippen LogP contribution in [0.1, 0.15) is 41.1 Å². The lowest BCUT2D eigenvalue weighted by Crippen LogP contribution is -2.23. The number of fused-ring (bicyclic) bond motifs is 1. The van der Waals surface area contributed by atoms with Crippen molar-refractivity contribution in [2.45, 2.75) is 32.7 Å². The van der Waals surface area contributed by atoms with Gasteiger partial charge in [-0.05, 0) is 37.0 Å². The highest BCUT2D eigenvalue weighted by molar-refractivity contribution is 7.05. The largest absolute Gasteiger partial charge is 0.493 e. The van der Waals surface area contributed by atoms with Gasteiger partial charge in [0.2, 0.25) is 0 Å².